The number of imide groups is 1. The third-order valence-corrected chi connectivity index (χ3v) is 3.56. The Hall–Kier alpha value is -1.94. The molecule has 0 radical (unpaired) electrons. The van der Waals surface area contributed by atoms with E-state index in [1.807, 2.05) is 51.5 Å². The first-order valence-electron chi connectivity index (χ1n) is 6.76. The molecule has 1 heterocycles. The van der Waals surface area contributed by atoms with Crippen LogP contribution in [0.5, 0.6) is 0 Å². The van der Waals surface area contributed by atoms with Crippen LogP contribution in [0.2, 0.25) is 0 Å². The lowest BCUT2D eigenvalue weighted by molar-refractivity contribution is -0.886. The zero-order valence-electron chi connectivity index (χ0n) is 12.2. The molecule has 4 nitrogen and oxygen atoms in total. The van der Waals surface area contributed by atoms with E-state index in [1.54, 1.807) is 6.08 Å². The summed E-state index contributed by atoms with van der Waals surface area (Å²) in [5.41, 5.74) is 0.963. The summed E-state index contributed by atoms with van der Waals surface area (Å²) in [5.74, 6) is -0.328. The molecule has 1 aromatic rings. The molecule has 1 aliphatic heterocycles. The average Bonchev–Trinajstić information content (AvgIpc) is 2.52. The Morgan fingerprint density at radius 1 is 1.15 bits per heavy atom. The van der Waals surface area contributed by atoms with E-state index in [0.29, 0.717) is 17.4 Å². The van der Waals surface area contributed by atoms with Gasteiger partial charge in [0.05, 0.1) is 27.7 Å². The van der Waals surface area contributed by atoms with Crippen LogP contribution in [0, 0.1) is 0 Å². The second-order valence-electron chi connectivity index (χ2n) is 6.02. The molecule has 20 heavy (non-hydrogen) atoms. The van der Waals surface area contributed by atoms with Gasteiger partial charge in [-0.05, 0) is 11.6 Å². The summed E-state index contributed by atoms with van der Waals surface area (Å²) in [5, 5.41) is 0. The SMILES string of the molecule is C[N+](C)(C)[C@H]1CC=CC(=O)N(Cc2ccccc2)C1=O. The normalized spacial score (nSPS) is 20.1. The highest BCUT2D eigenvalue weighted by molar-refractivity contribution is 6.03. The smallest absolute Gasteiger partial charge is 0.288 e. The van der Waals surface area contributed by atoms with Gasteiger partial charge in [-0.25, -0.2) is 0 Å². The third-order valence-electron chi connectivity index (χ3n) is 3.56. The number of carbonyl (C=O) groups excluding carboxylic acids is 2. The van der Waals surface area contributed by atoms with Crippen LogP contribution in [0.4, 0.5) is 0 Å². The molecular weight excluding hydrogens is 252 g/mol. The van der Waals surface area contributed by atoms with Crippen molar-refractivity contribution >= 4 is 11.8 Å². The molecule has 1 atom stereocenters. The molecule has 0 saturated heterocycles. The second-order valence-corrected chi connectivity index (χ2v) is 6.02. The first kappa shape index (κ1) is 14.5. The van der Waals surface area contributed by atoms with Crippen LogP contribution in [-0.2, 0) is 16.1 Å². The highest BCUT2D eigenvalue weighted by Gasteiger charge is 2.37. The van der Waals surface area contributed by atoms with Crippen molar-refractivity contribution in [3.05, 3.63) is 48.0 Å². The zero-order valence-corrected chi connectivity index (χ0v) is 12.2. The van der Waals surface area contributed by atoms with Gasteiger partial charge in [-0.3, -0.25) is 14.5 Å². The van der Waals surface area contributed by atoms with Crippen LogP contribution >= 0.6 is 0 Å². The zero-order chi connectivity index (χ0) is 14.8. The number of nitrogens with zero attached hydrogens (tertiary/aromatic N) is 2. The number of hydrogen-bond acceptors (Lipinski definition) is 2. The number of hydrogen-bond donors (Lipinski definition) is 0. The summed E-state index contributed by atoms with van der Waals surface area (Å²) in [6, 6.07) is 9.38. The quantitative estimate of drug-likeness (QED) is 0.619. The van der Waals surface area contributed by atoms with Gasteiger partial charge in [0.25, 0.3) is 11.8 Å². The number of rotatable bonds is 3. The molecule has 0 aliphatic carbocycles. The lowest BCUT2D eigenvalue weighted by Crippen LogP contribution is -2.54. The van der Waals surface area contributed by atoms with Gasteiger partial charge in [0.2, 0.25) is 0 Å². The molecule has 0 fully saturated rings. The Morgan fingerprint density at radius 3 is 2.40 bits per heavy atom. The van der Waals surface area contributed by atoms with Gasteiger partial charge in [0.15, 0.2) is 6.04 Å². The van der Waals surface area contributed by atoms with Gasteiger partial charge in [-0.15, -0.1) is 0 Å². The highest BCUT2D eigenvalue weighted by atomic mass is 16.2. The minimum atomic E-state index is -0.227. The first-order chi connectivity index (χ1) is 9.39. The molecule has 1 aliphatic rings. The Balaban J connectivity index is 2.27. The maximum atomic E-state index is 12.7. The number of benzene rings is 1. The molecule has 1 aromatic carbocycles. The van der Waals surface area contributed by atoms with Crippen LogP contribution in [0.25, 0.3) is 0 Å². The predicted molar refractivity (Wildman–Crippen MR) is 77.6 cm³/mol. The Bertz CT molecular complexity index is 529. The molecule has 106 valence electrons. The monoisotopic (exact) mass is 273 g/mol. The van der Waals surface area contributed by atoms with Gasteiger partial charge < -0.3 is 4.48 Å². The van der Waals surface area contributed by atoms with Crippen molar-refractivity contribution in [2.75, 3.05) is 21.1 Å². The fourth-order valence-corrected chi connectivity index (χ4v) is 2.35. The van der Waals surface area contributed by atoms with Crippen LogP contribution in [-0.4, -0.2) is 48.4 Å². The summed E-state index contributed by atoms with van der Waals surface area (Å²) in [4.78, 5) is 26.1. The average molecular weight is 273 g/mol. The molecule has 2 amide bonds. The molecule has 0 unspecified atom stereocenters. The van der Waals surface area contributed by atoms with Crippen molar-refractivity contribution in [3.63, 3.8) is 0 Å². The van der Waals surface area contributed by atoms with Gasteiger partial charge in [-0.2, -0.15) is 0 Å². The summed E-state index contributed by atoms with van der Waals surface area (Å²) >= 11 is 0. The summed E-state index contributed by atoms with van der Waals surface area (Å²) in [7, 11) is 5.94. The van der Waals surface area contributed by atoms with E-state index in [0.717, 1.165) is 5.56 Å². The standard InChI is InChI=1S/C16H21N2O2/c1-18(2,3)14-10-7-11-15(19)17(16(14)20)12-13-8-5-4-6-9-13/h4-9,11,14H,10,12H2,1-3H3/q+1/t14-/m0/s1. The molecule has 2 rings (SSSR count). The van der Waals surface area contributed by atoms with E-state index in [4.69, 9.17) is 0 Å². The fraction of sp³-hybridized carbons (Fsp3) is 0.375. The summed E-state index contributed by atoms with van der Waals surface area (Å²) in [6.07, 6.45) is 3.91. The fourth-order valence-electron chi connectivity index (χ4n) is 2.35. The number of likely N-dealkylation sites (N-methyl/N-ethyl adjacent to an activating group) is 1. The molecule has 0 bridgehead atoms. The largest absolute Gasteiger partial charge is 0.320 e. The van der Waals surface area contributed by atoms with Crippen molar-refractivity contribution in [2.24, 2.45) is 0 Å². The van der Waals surface area contributed by atoms with Crippen LogP contribution in [0.15, 0.2) is 42.5 Å². The van der Waals surface area contributed by atoms with Crippen molar-refractivity contribution in [1.29, 1.82) is 0 Å². The third kappa shape index (κ3) is 3.14. The Kier molecular flexibility index (Phi) is 4.04. The van der Waals surface area contributed by atoms with Crippen molar-refractivity contribution in [3.8, 4) is 0 Å². The first-order valence-corrected chi connectivity index (χ1v) is 6.76. The topological polar surface area (TPSA) is 37.4 Å². The van der Waals surface area contributed by atoms with Crippen LogP contribution in [0.1, 0.15) is 12.0 Å². The Labute approximate surface area is 119 Å². The lowest BCUT2D eigenvalue weighted by Gasteiger charge is -2.34. The van der Waals surface area contributed by atoms with Gasteiger partial charge in [0, 0.05) is 6.42 Å². The molecular formula is C16H21N2O2+. The number of quaternary nitrogens is 1. The van der Waals surface area contributed by atoms with Crippen molar-refractivity contribution in [1.82, 2.24) is 4.90 Å². The maximum absolute atomic E-state index is 12.7. The predicted octanol–water partition coefficient (Wildman–Crippen LogP) is 1.58. The van der Waals surface area contributed by atoms with E-state index in [9.17, 15) is 9.59 Å². The van der Waals surface area contributed by atoms with E-state index in [2.05, 4.69) is 0 Å². The molecule has 0 spiro atoms. The van der Waals surface area contributed by atoms with Gasteiger partial charge in [-0.1, -0.05) is 36.4 Å². The van der Waals surface area contributed by atoms with E-state index in [-0.39, 0.29) is 17.9 Å². The Morgan fingerprint density at radius 2 is 1.80 bits per heavy atom. The minimum Gasteiger partial charge on any atom is -0.320 e. The van der Waals surface area contributed by atoms with E-state index < -0.39 is 0 Å². The second kappa shape index (κ2) is 5.59. The van der Waals surface area contributed by atoms with Gasteiger partial charge in [0.1, 0.15) is 0 Å². The summed E-state index contributed by atoms with van der Waals surface area (Å²) in [6.45, 7) is 0.333. The lowest BCUT2D eigenvalue weighted by atomic mass is 10.1. The van der Waals surface area contributed by atoms with Crippen LogP contribution in [0.3, 0.4) is 0 Å². The van der Waals surface area contributed by atoms with Crippen molar-refractivity contribution < 1.29 is 14.1 Å². The molecule has 0 N–H and O–H groups in total. The van der Waals surface area contributed by atoms with Gasteiger partial charge >= 0.3 is 0 Å². The number of carbonyl (C=O) groups is 2. The maximum Gasteiger partial charge on any atom is 0.288 e. The highest BCUT2D eigenvalue weighted by Crippen LogP contribution is 2.18. The number of amides is 2. The molecule has 0 aromatic heterocycles. The molecule has 4 heteroatoms. The molecule has 0 saturated carbocycles. The van der Waals surface area contributed by atoms with E-state index >= 15 is 0 Å². The minimum absolute atomic E-state index is 0.101. The van der Waals surface area contributed by atoms with E-state index in [1.165, 1.54) is 11.0 Å². The van der Waals surface area contributed by atoms with Crippen molar-refractivity contribution in [2.45, 2.75) is 19.0 Å². The van der Waals surface area contributed by atoms with Crippen LogP contribution < -0.4 is 0 Å². The summed E-state index contributed by atoms with van der Waals surface area (Å²) < 4.78 is 0.516.